The summed E-state index contributed by atoms with van der Waals surface area (Å²) in [5.74, 6) is -2.82. The Labute approximate surface area is 193 Å². The number of benzene rings is 1. The molecule has 1 aromatic carbocycles. The number of hydrogen-bond acceptors (Lipinski definition) is 6. The summed E-state index contributed by atoms with van der Waals surface area (Å²) in [7, 11) is 0. The molecule has 1 aromatic rings. The maximum absolute atomic E-state index is 15.0. The van der Waals surface area contributed by atoms with Crippen LogP contribution in [0.25, 0.3) is 0 Å². The van der Waals surface area contributed by atoms with Crippen molar-refractivity contribution in [2.24, 2.45) is 5.92 Å². The van der Waals surface area contributed by atoms with E-state index >= 15 is 0 Å². The molecule has 0 N–H and O–H groups in total. The van der Waals surface area contributed by atoms with Crippen molar-refractivity contribution in [2.75, 3.05) is 42.6 Å². The highest BCUT2D eigenvalue weighted by atomic mass is 19.3. The number of halogens is 4. The second-order valence-corrected chi connectivity index (χ2v) is 8.64. The molecule has 2 amide bonds. The number of ketones is 1. The summed E-state index contributed by atoms with van der Waals surface area (Å²) in [6, 6.07) is 1.99. The molecule has 2 heterocycles. The molecule has 0 bridgehead atoms. The Balaban J connectivity index is 1.40. The number of nitrogens with zero attached hydrogens (tertiary/aromatic N) is 3. The van der Waals surface area contributed by atoms with Gasteiger partial charge in [0, 0.05) is 38.1 Å². The van der Waals surface area contributed by atoms with E-state index in [2.05, 4.69) is 0 Å². The molecule has 4 rings (SSSR count). The Kier molecular flexibility index (Phi) is 7.24. The fourth-order valence-electron chi connectivity index (χ4n) is 4.05. The number of cyclic esters (lactones) is 1. The van der Waals surface area contributed by atoms with Crippen LogP contribution in [-0.2, 0) is 19.2 Å². The Morgan fingerprint density at radius 3 is 2.44 bits per heavy atom. The summed E-state index contributed by atoms with van der Waals surface area (Å²) in [4.78, 5) is 43.4. The van der Waals surface area contributed by atoms with Crippen LogP contribution in [0.2, 0.25) is 0 Å². The van der Waals surface area contributed by atoms with Crippen molar-refractivity contribution < 1.29 is 41.5 Å². The smallest absolute Gasteiger partial charge is 0.414 e. The molecule has 0 radical (unpaired) electrons. The van der Waals surface area contributed by atoms with Gasteiger partial charge in [-0.2, -0.15) is 0 Å². The first-order chi connectivity index (χ1) is 16.2. The van der Waals surface area contributed by atoms with E-state index in [-0.39, 0.29) is 56.5 Å². The average Bonchev–Trinajstić information content (AvgIpc) is 3.55. The number of rotatable bonds is 8. The Morgan fingerprint density at radius 1 is 1.09 bits per heavy atom. The molecular formula is C22H25F4N3O5. The van der Waals surface area contributed by atoms with Crippen molar-refractivity contribution >= 4 is 29.2 Å². The van der Waals surface area contributed by atoms with Crippen LogP contribution in [0.5, 0.6) is 0 Å². The Morgan fingerprint density at radius 2 is 1.79 bits per heavy atom. The first-order valence-corrected chi connectivity index (χ1v) is 11.2. The number of hydrogen-bond donors (Lipinski definition) is 0. The second-order valence-electron chi connectivity index (χ2n) is 8.64. The molecule has 0 spiro atoms. The standard InChI is InChI=1S/C22H25F4N3O5/c23-16-10-14(28-12-15(34-22(28)32)3-4-18(30)21(25)26)11-17(24)20(16)27-5-6-29(33-8-7-27)19(31)9-13-1-2-13/h10-11,13,15,21H,1-9,12H2/t15-/m0/s1. The highest BCUT2D eigenvalue weighted by Gasteiger charge is 2.35. The largest absolute Gasteiger partial charge is 0.444 e. The summed E-state index contributed by atoms with van der Waals surface area (Å²) >= 11 is 0. The molecule has 1 atom stereocenters. The van der Waals surface area contributed by atoms with Crippen molar-refractivity contribution in [2.45, 2.75) is 44.6 Å². The van der Waals surface area contributed by atoms with Gasteiger partial charge in [0.1, 0.15) is 11.8 Å². The lowest BCUT2D eigenvalue weighted by molar-refractivity contribution is -0.182. The maximum atomic E-state index is 15.0. The van der Waals surface area contributed by atoms with Gasteiger partial charge in [-0.25, -0.2) is 27.4 Å². The molecule has 34 heavy (non-hydrogen) atoms. The summed E-state index contributed by atoms with van der Waals surface area (Å²) in [6.45, 7) is 0.434. The molecule has 0 aromatic heterocycles. The second kappa shape index (κ2) is 10.2. The number of ether oxygens (including phenoxy) is 1. The number of carbonyl (C=O) groups excluding carboxylic acids is 3. The molecule has 0 unspecified atom stereocenters. The molecule has 1 saturated carbocycles. The lowest BCUT2D eigenvalue weighted by Gasteiger charge is -2.24. The first kappa shape index (κ1) is 24.2. The van der Waals surface area contributed by atoms with E-state index in [1.165, 1.54) is 9.96 Å². The van der Waals surface area contributed by atoms with Crippen LogP contribution >= 0.6 is 0 Å². The third kappa shape index (κ3) is 5.60. The van der Waals surface area contributed by atoms with Gasteiger partial charge in [-0.15, -0.1) is 0 Å². The van der Waals surface area contributed by atoms with Crippen LogP contribution in [0.3, 0.4) is 0 Å². The minimum Gasteiger partial charge on any atom is -0.444 e. The van der Waals surface area contributed by atoms with Crippen LogP contribution in [0.4, 0.5) is 33.7 Å². The number of anilines is 2. The van der Waals surface area contributed by atoms with Crippen LogP contribution in [0.15, 0.2) is 12.1 Å². The highest BCUT2D eigenvalue weighted by Crippen LogP contribution is 2.34. The van der Waals surface area contributed by atoms with Gasteiger partial charge < -0.3 is 9.64 Å². The third-order valence-electron chi connectivity index (χ3n) is 6.08. The van der Waals surface area contributed by atoms with Crippen LogP contribution in [0.1, 0.15) is 32.1 Å². The van der Waals surface area contributed by atoms with E-state index in [1.807, 2.05) is 0 Å². The van der Waals surface area contributed by atoms with Gasteiger partial charge in [0.05, 0.1) is 25.4 Å². The fourth-order valence-corrected chi connectivity index (χ4v) is 4.05. The highest BCUT2D eigenvalue weighted by molar-refractivity contribution is 5.90. The van der Waals surface area contributed by atoms with Crippen molar-refractivity contribution in [3.05, 3.63) is 23.8 Å². The molecule has 1 aliphatic carbocycles. The lowest BCUT2D eigenvalue weighted by atomic mass is 10.1. The zero-order valence-corrected chi connectivity index (χ0v) is 18.4. The molecular weight excluding hydrogens is 462 g/mol. The van der Waals surface area contributed by atoms with Crippen molar-refractivity contribution in [3.63, 3.8) is 0 Å². The monoisotopic (exact) mass is 487 g/mol. The molecule has 3 aliphatic rings. The zero-order valence-electron chi connectivity index (χ0n) is 18.4. The third-order valence-corrected chi connectivity index (χ3v) is 6.08. The van der Waals surface area contributed by atoms with Gasteiger partial charge >= 0.3 is 6.09 Å². The molecule has 2 saturated heterocycles. The lowest BCUT2D eigenvalue weighted by Crippen LogP contribution is -2.35. The van der Waals surface area contributed by atoms with E-state index in [1.54, 1.807) is 0 Å². The van der Waals surface area contributed by atoms with Crippen molar-refractivity contribution in [1.82, 2.24) is 5.06 Å². The predicted octanol–water partition coefficient (Wildman–Crippen LogP) is 3.28. The number of alkyl halides is 2. The van der Waals surface area contributed by atoms with E-state index in [0.717, 1.165) is 29.9 Å². The molecule has 3 fully saturated rings. The van der Waals surface area contributed by atoms with Gasteiger partial charge in [0.2, 0.25) is 5.91 Å². The summed E-state index contributed by atoms with van der Waals surface area (Å²) in [6.07, 6.45) is -2.96. The molecule has 12 heteroatoms. The van der Waals surface area contributed by atoms with Crippen LogP contribution < -0.4 is 9.80 Å². The Bertz CT molecular complexity index is 935. The molecule has 2 aliphatic heterocycles. The predicted molar refractivity (Wildman–Crippen MR) is 111 cm³/mol. The summed E-state index contributed by atoms with van der Waals surface area (Å²) in [5.41, 5.74) is -0.380. The Hall–Kier alpha value is -2.89. The molecule has 8 nitrogen and oxygen atoms in total. The minimum atomic E-state index is -3.10. The van der Waals surface area contributed by atoms with Gasteiger partial charge in [-0.05, 0) is 25.2 Å². The van der Waals surface area contributed by atoms with E-state index in [4.69, 9.17) is 9.57 Å². The van der Waals surface area contributed by atoms with Gasteiger partial charge in [0.15, 0.2) is 17.4 Å². The number of Topliss-reactive ketones (excluding diaryl/α,β-unsaturated/α-hetero) is 1. The van der Waals surface area contributed by atoms with Gasteiger partial charge in [-0.1, -0.05) is 0 Å². The van der Waals surface area contributed by atoms with Crippen molar-refractivity contribution in [1.29, 1.82) is 0 Å². The SMILES string of the molecule is O=C(CC[C@H]1CN(c2cc(F)c(N3CCON(C(=O)CC4CC4)CC3)c(F)c2)C(=O)O1)C(F)F. The number of carbonyl (C=O) groups is 3. The van der Waals surface area contributed by atoms with E-state index in [0.29, 0.717) is 12.3 Å². The minimum absolute atomic E-state index is 0.0779. The van der Waals surface area contributed by atoms with Crippen molar-refractivity contribution in [3.8, 4) is 0 Å². The zero-order chi connectivity index (χ0) is 24.4. The van der Waals surface area contributed by atoms with E-state index in [9.17, 15) is 31.9 Å². The number of amides is 2. The topological polar surface area (TPSA) is 79.4 Å². The normalized spacial score (nSPS) is 21.1. The molecule has 186 valence electrons. The van der Waals surface area contributed by atoms with Gasteiger partial charge in [-0.3, -0.25) is 19.3 Å². The summed E-state index contributed by atoms with van der Waals surface area (Å²) < 4.78 is 59.7. The average molecular weight is 487 g/mol. The van der Waals surface area contributed by atoms with Crippen LogP contribution in [-0.4, -0.2) is 68.2 Å². The van der Waals surface area contributed by atoms with Gasteiger partial charge in [0.25, 0.3) is 6.43 Å². The van der Waals surface area contributed by atoms with E-state index < -0.39 is 42.5 Å². The van der Waals surface area contributed by atoms with Crippen LogP contribution in [0, 0.1) is 17.6 Å². The quantitative estimate of drug-likeness (QED) is 0.524. The number of hydroxylamine groups is 2. The first-order valence-electron chi connectivity index (χ1n) is 11.2. The fraction of sp³-hybridized carbons (Fsp3) is 0.591. The maximum Gasteiger partial charge on any atom is 0.414 e. The summed E-state index contributed by atoms with van der Waals surface area (Å²) in [5, 5.41) is 1.25.